The van der Waals surface area contributed by atoms with Gasteiger partial charge < -0.3 is 14.8 Å². The molecule has 0 spiro atoms. The number of nitrogens with one attached hydrogen (secondary N) is 1. The number of hydrogen-bond acceptors (Lipinski definition) is 6. The Hall–Kier alpha value is -3.42. The van der Waals surface area contributed by atoms with Crippen molar-refractivity contribution in [3.8, 4) is 16.9 Å². The number of methoxy groups -OCH3 is 2. The number of benzene rings is 2. The SMILES string of the molecule is CCCC[C@H](NC(=O)c1ccc(-c2ccc(OC)cc2)cc1[N+](=O)[O-])C(=O)OC. The van der Waals surface area contributed by atoms with E-state index >= 15 is 0 Å². The molecule has 1 N–H and O–H groups in total. The van der Waals surface area contributed by atoms with Crippen molar-refractivity contribution >= 4 is 17.6 Å². The van der Waals surface area contributed by atoms with Crippen LogP contribution in [0.25, 0.3) is 11.1 Å². The number of amides is 1. The molecule has 0 saturated carbocycles. The Morgan fingerprint density at radius 1 is 1.10 bits per heavy atom. The summed E-state index contributed by atoms with van der Waals surface area (Å²) in [6.45, 7) is 1.96. The van der Waals surface area contributed by atoms with Gasteiger partial charge in [-0.15, -0.1) is 0 Å². The van der Waals surface area contributed by atoms with Crippen LogP contribution in [0.1, 0.15) is 36.5 Å². The number of nitrogens with zero attached hydrogens (tertiary/aromatic N) is 1. The molecule has 2 rings (SSSR count). The van der Waals surface area contributed by atoms with Crippen molar-refractivity contribution in [2.75, 3.05) is 14.2 Å². The summed E-state index contributed by atoms with van der Waals surface area (Å²) >= 11 is 0. The summed E-state index contributed by atoms with van der Waals surface area (Å²) < 4.78 is 9.83. The van der Waals surface area contributed by atoms with Gasteiger partial charge in [-0.1, -0.05) is 38.0 Å². The predicted molar refractivity (Wildman–Crippen MR) is 108 cm³/mol. The minimum absolute atomic E-state index is 0.113. The van der Waals surface area contributed by atoms with Crippen molar-refractivity contribution in [3.63, 3.8) is 0 Å². The van der Waals surface area contributed by atoms with Crippen molar-refractivity contribution in [3.05, 3.63) is 58.1 Å². The van der Waals surface area contributed by atoms with Gasteiger partial charge in [-0.3, -0.25) is 14.9 Å². The summed E-state index contributed by atoms with van der Waals surface area (Å²) in [5, 5.41) is 14.1. The number of unbranched alkanes of at least 4 members (excludes halogenated alkanes) is 1. The number of hydrogen-bond donors (Lipinski definition) is 1. The third kappa shape index (κ3) is 5.54. The Morgan fingerprint density at radius 3 is 2.31 bits per heavy atom. The van der Waals surface area contributed by atoms with Crippen LogP contribution in [0.15, 0.2) is 42.5 Å². The summed E-state index contributed by atoms with van der Waals surface area (Å²) in [4.78, 5) is 35.5. The van der Waals surface area contributed by atoms with E-state index in [-0.39, 0.29) is 11.3 Å². The van der Waals surface area contributed by atoms with Gasteiger partial charge in [-0.25, -0.2) is 4.79 Å². The highest BCUT2D eigenvalue weighted by atomic mass is 16.6. The fourth-order valence-electron chi connectivity index (χ4n) is 2.87. The minimum Gasteiger partial charge on any atom is -0.497 e. The average Bonchev–Trinajstić information content (AvgIpc) is 2.75. The minimum atomic E-state index is -0.853. The monoisotopic (exact) mass is 400 g/mol. The lowest BCUT2D eigenvalue weighted by Crippen LogP contribution is -2.41. The largest absolute Gasteiger partial charge is 0.497 e. The molecule has 0 heterocycles. The number of nitro groups is 1. The van der Waals surface area contributed by atoms with Crippen LogP contribution in [-0.2, 0) is 9.53 Å². The molecule has 0 radical (unpaired) electrons. The van der Waals surface area contributed by atoms with Crippen LogP contribution < -0.4 is 10.1 Å². The molecule has 0 saturated heterocycles. The smallest absolute Gasteiger partial charge is 0.328 e. The van der Waals surface area contributed by atoms with Gasteiger partial charge in [0.15, 0.2) is 0 Å². The first-order valence-electron chi connectivity index (χ1n) is 9.22. The van der Waals surface area contributed by atoms with Crippen LogP contribution in [0.2, 0.25) is 0 Å². The van der Waals surface area contributed by atoms with Crippen molar-refractivity contribution in [2.45, 2.75) is 32.2 Å². The first-order chi connectivity index (χ1) is 13.9. The Morgan fingerprint density at radius 2 is 1.76 bits per heavy atom. The molecule has 0 bridgehead atoms. The maximum Gasteiger partial charge on any atom is 0.328 e. The fraction of sp³-hybridized carbons (Fsp3) is 0.333. The van der Waals surface area contributed by atoms with Gasteiger partial charge in [0.25, 0.3) is 11.6 Å². The second-order valence-corrected chi connectivity index (χ2v) is 6.41. The highest BCUT2D eigenvalue weighted by Crippen LogP contribution is 2.28. The first kappa shape index (κ1) is 21.9. The fourth-order valence-corrected chi connectivity index (χ4v) is 2.87. The zero-order valence-electron chi connectivity index (χ0n) is 16.6. The quantitative estimate of drug-likeness (QED) is 0.390. The number of ether oxygens (including phenoxy) is 2. The Kier molecular flexibility index (Phi) is 7.70. The predicted octanol–water partition coefficient (Wildman–Crippen LogP) is 3.73. The van der Waals surface area contributed by atoms with Crippen LogP contribution in [0, 0.1) is 10.1 Å². The van der Waals surface area contributed by atoms with Crippen molar-refractivity contribution in [1.82, 2.24) is 5.32 Å². The number of carbonyl (C=O) groups excluding carboxylic acids is 2. The average molecular weight is 400 g/mol. The number of rotatable bonds is 9. The summed E-state index contributed by atoms with van der Waals surface area (Å²) in [5.74, 6) is -0.603. The summed E-state index contributed by atoms with van der Waals surface area (Å²) in [5.41, 5.74) is 0.884. The van der Waals surface area contributed by atoms with Gasteiger partial charge in [0, 0.05) is 6.07 Å². The summed E-state index contributed by atoms with van der Waals surface area (Å²) in [7, 11) is 2.79. The summed E-state index contributed by atoms with van der Waals surface area (Å²) in [6.07, 6.45) is 1.94. The topological polar surface area (TPSA) is 108 Å². The lowest BCUT2D eigenvalue weighted by Gasteiger charge is -2.16. The normalized spacial score (nSPS) is 11.4. The zero-order chi connectivity index (χ0) is 21.4. The highest BCUT2D eigenvalue weighted by molar-refractivity contribution is 6.00. The molecule has 0 aromatic heterocycles. The molecule has 0 unspecified atom stereocenters. The Labute approximate surface area is 169 Å². The molecule has 29 heavy (non-hydrogen) atoms. The number of esters is 1. The van der Waals surface area contributed by atoms with Gasteiger partial charge in [0.2, 0.25) is 0 Å². The second kappa shape index (κ2) is 10.2. The molecule has 0 fully saturated rings. The molecule has 2 aromatic carbocycles. The highest BCUT2D eigenvalue weighted by Gasteiger charge is 2.26. The lowest BCUT2D eigenvalue weighted by molar-refractivity contribution is -0.385. The van der Waals surface area contributed by atoms with Crippen LogP contribution >= 0.6 is 0 Å². The van der Waals surface area contributed by atoms with Gasteiger partial charge in [0.1, 0.15) is 17.4 Å². The molecule has 2 aromatic rings. The molecule has 0 aliphatic carbocycles. The molecule has 154 valence electrons. The van der Waals surface area contributed by atoms with Crippen molar-refractivity contribution in [2.24, 2.45) is 0 Å². The van der Waals surface area contributed by atoms with Crippen molar-refractivity contribution < 1.29 is 24.0 Å². The van der Waals surface area contributed by atoms with Crippen LogP contribution in [0.5, 0.6) is 5.75 Å². The molecular formula is C21H24N2O6. The van der Waals surface area contributed by atoms with E-state index in [2.05, 4.69) is 5.32 Å². The van der Waals surface area contributed by atoms with Crippen LogP contribution in [-0.4, -0.2) is 37.1 Å². The molecule has 1 atom stereocenters. The van der Waals surface area contributed by atoms with Crippen LogP contribution in [0.3, 0.4) is 0 Å². The van der Waals surface area contributed by atoms with Gasteiger partial charge >= 0.3 is 5.97 Å². The molecule has 0 aliphatic heterocycles. The molecule has 1 amide bonds. The third-order valence-corrected chi connectivity index (χ3v) is 4.50. The maximum atomic E-state index is 12.7. The van der Waals surface area contributed by atoms with Gasteiger partial charge in [-0.2, -0.15) is 0 Å². The van der Waals surface area contributed by atoms with E-state index in [0.29, 0.717) is 24.2 Å². The van der Waals surface area contributed by atoms with Crippen LogP contribution in [0.4, 0.5) is 5.69 Å². The summed E-state index contributed by atoms with van der Waals surface area (Å²) in [6, 6.07) is 10.5. The van der Waals surface area contributed by atoms with Gasteiger partial charge in [-0.05, 0) is 35.7 Å². The van der Waals surface area contributed by atoms with E-state index in [1.165, 1.54) is 19.2 Å². The van der Waals surface area contributed by atoms with E-state index in [4.69, 9.17) is 9.47 Å². The molecule has 8 heteroatoms. The standard InChI is InChI=1S/C21H24N2O6/c1-4-5-6-18(21(25)29-3)22-20(24)17-12-9-15(13-19(17)23(26)27)14-7-10-16(28-2)11-8-14/h7-13,18H,4-6H2,1-3H3,(H,22,24)/t18-/m0/s1. The number of carbonyl (C=O) groups is 2. The molecule has 8 nitrogen and oxygen atoms in total. The number of nitro benzene ring substituents is 1. The third-order valence-electron chi connectivity index (χ3n) is 4.50. The maximum absolute atomic E-state index is 12.7. The Balaban J connectivity index is 2.32. The van der Waals surface area contributed by atoms with Gasteiger partial charge in [0.05, 0.1) is 19.1 Å². The first-order valence-corrected chi connectivity index (χ1v) is 9.22. The van der Waals surface area contributed by atoms with E-state index < -0.39 is 22.8 Å². The molecular weight excluding hydrogens is 376 g/mol. The zero-order valence-corrected chi connectivity index (χ0v) is 16.6. The Bertz CT molecular complexity index is 879. The molecule has 0 aliphatic rings. The van der Waals surface area contributed by atoms with E-state index in [9.17, 15) is 19.7 Å². The second-order valence-electron chi connectivity index (χ2n) is 6.41. The van der Waals surface area contributed by atoms with E-state index in [1.807, 2.05) is 6.92 Å². The van der Waals surface area contributed by atoms with E-state index in [0.717, 1.165) is 12.0 Å². The lowest BCUT2D eigenvalue weighted by atomic mass is 10.0. The van der Waals surface area contributed by atoms with E-state index in [1.54, 1.807) is 37.4 Å². The van der Waals surface area contributed by atoms with Crippen molar-refractivity contribution in [1.29, 1.82) is 0 Å².